The molecule has 3 N–H and O–H groups in total. The number of hydrogen-bond donors (Lipinski definition) is 3. The maximum atomic E-state index is 11.5. The van der Waals surface area contributed by atoms with E-state index in [9.17, 15) is 9.46 Å². The van der Waals surface area contributed by atoms with Crippen LogP contribution < -0.4 is 5.73 Å². The molecule has 3 heterocycles. The zero-order chi connectivity index (χ0) is 18.0. The molecule has 2 aromatic rings. The fourth-order valence-electron chi connectivity index (χ4n) is 2.59. The van der Waals surface area contributed by atoms with E-state index in [0.29, 0.717) is 17.6 Å². The van der Waals surface area contributed by atoms with Gasteiger partial charge in [0.25, 0.3) is 0 Å². The van der Waals surface area contributed by atoms with Gasteiger partial charge in [-0.25, -0.2) is 19.5 Å². The average Bonchev–Trinajstić information content (AvgIpc) is 3.18. The number of nitrogens with two attached hydrogens (primary N) is 1. The Morgan fingerprint density at radius 3 is 3.04 bits per heavy atom. The molecule has 1 fully saturated rings. The highest BCUT2D eigenvalue weighted by atomic mass is 32.1. The van der Waals surface area contributed by atoms with Gasteiger partial charge in [-0.3, -0.25) is 13.6 Å². The zero-order valence-corrected chi connectivity index (χ0v) is 15.0. The van der Waals surface area contributed by atoms with E-state index in [2.05, 4.69) is 32.1 Å². The van der Waals surface area contributed by atoms with Gasteiger partial charge in [-0.2, -0.15) is 12.6 Å². The van der Waals surface area contributed by atoms with Gasteiger partial charge in [0.05, 0.1) is 25.0 Å². The lowest BCUT2D eigenvalue weighted by molar-refractivity contribution is -0.0529. The third-order valence-electron chi connectivity index (χ3n) is 3.80. The summed E-state index contributed by atoms with van der Waals surface area (Å²) in [5, 5.41) is 0. The Bertz CT molecular complexity index is 790. The first-order valence-electron chi connectivity index (χ1n) is 7.29. The predicted molar refractivity (Wildman–Crippen MR) is 89.8 cm³/mol. The molecular formula is C12H18N5O6PS. The lowest BCUT2D eigenvalue weighted by atomic mass is 10.2. The van der Waals surface area contributed by atoms with Gasteiger partial charge in [-0.05, 0) is 0 Å². The van der Waals surface area contributed by atoms with E-state index in [1.54, 1.807) is 10.9 Å². The first kappa shape index (κ1) is 18.5. The summed E-state index contributed by atoms with van der Waals surface area (Å²) in [5.41, 5.74) is 6.78. The molecule has 0 aliphatic carbocycles. The van der Waals surface area contributed by atoms with Crippen LogP contribution in [0.15, 0.2) is 12.7 Å². The number of fused-ring (bicyclic) bond motifs is 1. The Hall–Kier alpha value is -1.27. The highest BCUT2D eigenvalue weighted by Gasteiger charge is 2.39. The van der Waals surface area contributed by atoms with Crippen LogP contribution in [-0.4, -0.2) is 56.3 Å². The van der Waals surface area contributed by atoms with Crippen molar-refractivity contribution in [3.05, 3.63) is 12.7 Å². The fraction of sp³-hybridized carbons (Fsp3) is 0.583. The third kappa shape index (κ3) is 3.95. The van der Waals surface area contributed by atoms with E-state index in [-0.39, 0.29) is 18.4 Å². The Kier molecular flexibility index (Phi) is 5.58. The van der Waals surface area contributed by atoms with Crippen molar-refractivity contribution in [1.29, 1.82) is 0 Å². The molecule has 13 heteroatoms. The second-order valence-electron chi connectivity index (χ2n) is 5.23. The van der Waals surface area contributed by atoms with Crippen molar-refractivity contribution >= 4 is 37.4 Å². The van der Waals surface area contributed by atoms with Crippen molar-refractivity contribution in [2.45, 2.75) is 24.9 Å². The smallest absolute Gasteiger partial charge is 0.382 e. The number of phosphoric acid groups is 1. The summed E-state index contributed by atoms with van der Waals surface area (Å²) in [6.07, 6.45) is 1.90. The zero-order valence-electron chi connectivity index (χ0n) is 13.3. The van der Waals surface area contributed by atoms with Gasteiger partial charge in [0.2, 0.25) is 0 Å². The number of rotatable bonds is 7. The van der Waals surface area contributed by atoms with Crippen molar-refractivity contribution in [2.75, 3.05) is 25.4 Å². The van der Waals surface area contributed by atoms with Gasteiger partial charge in [-0.15, -0.1) is 0 Å². The number of hydrogen-bond acceptors (Lipinski definition) is 10. The van der Waals surface area contributed by atoms with E-state index < -0.39 is 26.3 Å². The van der Waals surface area contributed by atoms with Crippen LogP contribution in [0.3, 0.4) is 0 Å². The van der Waals surface area contributed by atoms with Crippen molar-refractivity contribution < 1.29 is 28.0 Å². The summed E-state index contributed by atoms with van der Waals surface area (Å²) in [6.45, 7) is -0.180. The number of nitrogen functional groups attached to an aromatic ring is 1. The molecule has 2 aromatic heterocycles. The molecule has 0 saturated carbocycles. The third-order valence-corrected chi connectivity index (χ3v) is 4.88. The summed E-state index contributed by atoms with van der Waals surface area (Å²) in [5.74, 6) is 0.434. The minimum Gasteiger partial charge on any atom is -0.382 e. The van der Waals surface area contributed by atoms with E-state index in [0.717, 1.165) is 7.11 Å². The van der Waals surface area contributed by atoms with Crippen molar-refractivity contribution in [3.8, 4) is 0 Å². The van der Waals surface area contributed by atoms with Gasteiger partial charge >= 0.3 is 7.82 Å². The monoisotopic (exact) mass is 391 g/mol. The van der Waals surface area contributed by atoms with E-state index >= 15 is 0 Å². The highest BCUT2D eigenvalue weighted by Crippen LogP contribution is 2.43. The number of phosphoric ester groups is 1. The SMILES string of the molecule is COP(=O)(O)OC[C@H]1O[C@@H](n2cnc3c(N)ncnc32)CC1OCS. The quantitative estimate of drug-likeness (QED) is 0.351. The molecule has 1 aliphatic rings. The summed E-state index contributed by atoms with van der Waals surface area (Å²) < 4.78 is 33.9. The number of imidazole rings is 1. The molecule has 0 bridgehead atoms. The molecule has 11 nitrogen and oxygen atoms in total. The number of ether oxygens (including phenoxy) is 2. The van der Waals surface area contributed by atoms with Gasteiger partial charge in [0, 0.05) is 13.5 Å². The lowest BCUT2D eigenvalue weighted by Crippen LogP contribution is -2.28. The average molecular weight is 391 g/mol. The van der Waals surface area contributed by atoms with Gasteiger partial charge in [0.15, 0.2) is 11.5 Å². The second-order valence-corrected chi connectivity index (χ2v) is 7.05. The maximum Gasteiger partial charge on any atom is 0.472 e. The summed E-state index contributed by atoms with van der Waals surface area (Å²) in [6, 6.07) is 0. The minimum absolute atomic E-state index is 0.165. The summed E-state index contributed by atoms with van der Waals surface area (Å²) >= 11 is 4.05. The molecule has 0 amide bonds. The van der Waals surface area contributed by atoms with Crippen LogP contribution in [-0.2, 0) is 23.1 Å². The molecule has 25 heavy (non-hydrogen) atoms. The maximum absolute atomic E-state index is 11.5. The molecule has 3 rings (SSSR count). The molecule has 1 saturated heterocycles. The first-order valence-corrected chi connectivity index (χ1v) is 9.42. The largest absolute Gasteiger partial charge is 0.472 e. The van der Waals surface area contributed by atoms with E-state index in [4.69, 9.17) is 19.7 Å². The second kappa shape index (κ2) is 7.54. The normalized spacial score (nSPS) is 26.1. The molecule has 138 valence electrons. The van der Waals surface area contributed by atoms with Crippen LogP contribution in [0.2, 0.25) is 0 Å². The minimum atomic E-state index is -4.11. The van der Waals surface area contributed by atoms with E-state index in [1.807, 2.05) is 0 Å². The van der Waals surface area contributed by atoms with Crippen LogP contribution in [0.4, 0.5) is 5.82 Å². The number of aromatic nitrogens is 4. The van der Waals surface area contributed by atoms with Crippen LogP contribution in [0.25, 0.3) is 11.2 Å². The number of anilines is 1. The first-order chi connectivity index (χ1) is 11.9. The predicted octanol–water partition coefficient (Wildman–Crippen LogP) is 0.732. The molecule has 0 aromatic carbocycles. The van der Waals surface area contributed by atoms with Crippen LogP contribution in [0, 0.1) is 0 Å². The molecule has 2 unspecified atom stereocenters. The summed E-state index contributed by atoms with van der Waals surface area (Å²) in [7, 11) is -3.02. The molecule has 4 atom stereocenters. The Labute approximate surface area is 148 Å². The van der Waals surface area contributed by atoms with Gasteiger partial charge < -0.3 is 20.1 Å². The number of thiol groups is 1. The van der Waals surface area contributed by atoms with E-state index in [1.165, 1.54) is 6.33 Å². The Balaban J connectivity index is 1.79. The molecule has 1 aliphatic heterocycles. The standard InChI is InChI=1S/C12H18N5O6PS/c1-20-24(18,19)22-3-8-7(21-6-25)2-9(23-8)17-5-16-10-11(13)14-4-15-12(10)17/h4-5,7-9,25H,2-3,6H2,1H3,(H,18,19)(H2,13,14,15)/t7?,8-,9-/m1/s1. The number of nitrogens with zero attached hydrogens (tertiary/aromatic N) is 4. The Morgan fingerprint density at radius 2 is 2.32 bits per heavy atom. The van der Waals surface area contributed by atoms with Crippen LogP contribution >= 0.6 is 20.5 Å². The van der Waals surface area contributed by atoms with Crippen molar-refractivity contribution in [2.24, 2.45) is 0 Å². The summed E-state index contributed by atoms with van der Waals surface area (Å²) in [4.78, 5) is 21.6. The van der Waals surface area contributed by atoms with Crippen LogP contribution in [0.5, 0.6) is 0 Å². The molecule has 0 radical (unpaired) electrons. The lowest BCUT2D eigenvalue weighted by Gasteiger charge is -2.19. The Morgan fingerprint density at radius 1 is 1.52 bits per heavy atom. The highest BCUT2D eigenvalue weighted by molar-refractivity contribution is 7.80. The van der Waals surface area contributed by atoms with Crippen molar-refractivity contribution in [1.82, 2.24) is 19.5 Å². The molecular weight excluding hydrogens is 373 g/mol. The fourth-order valence-corrected chi connectivity index (χ4v) is 3.23. The topological polar surface area (TPSA) is 144 Å². The van der Waals surface area contributed by atoms with Crippen molar-refractivity contribution in [3.63, 3.8) is 0 Å². The van der Waals surface area contributed by atoms with Gasteiger partial charge in [-0.1, -0.05) is 0 Å². The molecule has 0 spiro atoms. The van der Waals surface area contributed by atoms with Crippen LogP contribution in [0.1, 0.15) is 12.6 Å². The van der Waals surface area contributed by atoms with Gasteiger partial charge in [0.1, 0.15) is 24.2 Å².